The lowest BCUT2D eigenvalue weighted by atomic mass is 10.0. The predicted molar refractivity (Wildman–Crippen MR) is 108 cm³/mol. The van der Waals surface area contributed by atoms with Crippen molar-refractivity contribution >= 4 is 23.0 Å². The minimum Gasteiger partial charge on any atom is -0.444 e. The van der Waals surface area contributed by atoms with Gasteiger partial charge in [-0.25, -0.2) is 14.4 Å². The summed E-state index contributed by atoms with van der Waals surface area (Å²) in [4.78, 5) is 35.6. The van der Waals surface area contributed by atoms with E-state index in [0.29, 0.717) is 11.0 Å². The molecule has 150 valence electrons. The van der Waals surface area contributed by atoms with Crippen molar-refractivity contribution in [3.63, 3.8) is 0 Å². The minimum atomic E-state index is -0.716. The molecule has 7 nitrogen and oxygen atoms in total. The Labute approximate surface area is 167 Å². The van der Waals surface area contributed by atoms with Crippen molar-refractivity contribution in [1.29, 1.82) is 0 Å². The van der Waals surface area contributed by atoms with E-state index in [1.807, 2.05) is 30.3 Å². The molecule has 1 aromatic heterocycles. The second-order valence-electron chi connectivity index (χ2n) is 7.33. The first-order chi connectivity index (χ1) is 13.7. The largest absolute Gasteiger partial charge is 0.444 e. The molecule has 0 fully saturated rings. The van der Waals surface area contributed by atoms with Crippen LogP contribution in [0.3, 0.4) is 0 Å². The fourth-order valence-corrected chi connectivity index (χ4v) is 2.69. The van der Waals surface area contributed by atoms with E-state index < -0.39 is 23.3 Å². The molecule has 1 amide bonds. The van der Waals surface area contributed by atoms with Crippen LogP contribution in [0, 0.1) is 0 Å². The van der Waals surface area contributed by atoms with Crippen LogP contribution in [0.15, 0.2) is 63.8 Å². The summed E-state index contributed by atoms with van der Waals surface area (Å²) >= 11 is 0. The van der Waals surface area contributed by atoms with Gasteiger partial charge in [0.2, 0.25) is 0 Å². The number of benzene rings is 2. The summed E-state index contributed by atoms with van der Waals surface area (Å²) in [5, 5.41) is 3.04. The van der Waals surface area contributed by atoms with Crippen LogP contribution in [0.1, 0.15) is 20.8 Å². The molecule has 1 heterocycles. The molecule has 0 aliphatic rings. The predicted octanol–water partition coefficient (Wildman–Crippen LogP) is 3.89. The van der Waals surface area contributed by atoms with Gasteiger partial charge in [-0.05, 0) is 44.0 Å². The van der Waals surface area contributed by atoms with Gasteiger partial charge in [-0.15, -0.1) is 0 Å². The van der Waals surface area contributed by atoms with E-state index in [-0.39, 0.29) is 12.3 Å². The normalized spacial score (nSPS) is 11.1. The Hall–Kier alpha value is -3.61. The van der Waals surface area contributed by atoms with Crippen molar-refractivity contribution in [2.45, 2.75) is 26.4 Å². The van der Waals surface area contributed by atoms with E-state index in [1.54, 1.807) is 32.9 Å². The van der Waals surface area contributed by atoms with Crippen LogP contribution in [0.2, 0.25) is 0 Å². The van der Waals surface area contributed by atoms with Crippen molar-refractivity contribution in [3.05, 3.63) is 65.0 Å². The van der Waals surface area contributed by atoms with Crippen LogP contribution in [0.4, 0.5) is 4.79 Å². The molecule has 3 rings (SSSR count). The highest BCUT2D eigenvalue weighted by molar-refractivity contribution is 5.94. The molecular weight excluding hydrogens is 374 g/mol. The summed E-state index contributed by atoms with van der Waals surface area (Å²) in [7, 11) is 0. The maximum atomic E-state index is 12.0. The van der Waals surface area contributed by atoms with Crippen LogP contribution in [0.5, 0.6) is 5.75 Å². The Balaban J connectivity index is 1.76. The van der Waals surface area contributed by atoms with Gasteiger partial charge in [0, 0.05) is 17.5 Å². The number of ether oxygens (including phenoxy) is 2. The highest BCUT2D eigenvalue weighted by Crippen LogP contribution is 2.29. The Morgan fingerprint density at radius 2 is 1.76 bits per heavy atom. The molecule has 29 heavy (non-hydrogen) atoms. The van der Waals surface area contributed by atoms with Crippen LogP contribution in [0.25, 0.3) is 22.1 Å². The standard InChI is InChI=1S/C22H21NO6/c1-22(2,3)29-21(26)23-13-20(25)27-15-9-10-16-17(14-7-5-4-6-8-14)12-19(24)28-18(16)11-15/h4-12H,13H2,1-3H3,(H,23,26). The maximum Gasteiger partial charge on any atom is 0.408 e. The number of hydrogen-bond donors (Lipinski definition) is 1. The monoisotopic (exact) mass is 395 g/mol. The van der Waals surface area contributed by atoms with Crippen molar-refractivity contribution in [2.24, 2.45) is 0 Å². The van der Waals surface area contributed by atoms with Crippen LogP contribution < -0.4 is 15.7 Å². The van der Waals surface area contributed by atoms with Gasteiger partial charge < -0.3 is 19.2 Å². The number of fused-ring (bicyclic) bond motifs is 1. The van der Waals surface area contributed by atoms with Crippen LogP contribution >= 0.6 is 0 Å². The van der Waals surface area contributed by atoms with Gasteiger partial charge >= 0.3 is 17.7 Å². The van der Waals surface area contributed by atoms with Gasteiger partial charge in [0.25, 0.3) is 0 Å². The van der Waals surface area contributed by atoms with Gasteiger partial charge in [0.05, 0.1) is 0 Å². The van der Waals surface area contributed by atoms with Crippen LogP contribution in [-0.4, -0.2) is 24.2 Å². The summed E-state index contributed by atoms with van der Waals surface area (Å²) in [6, 6.07) is 15.6. The molecule has 3 aromatic rings. The number of amides is 1. The van der Waals surface area contributed by atoms with Crippen molar-refractivity contribution in [2.75, 3.05) is 6.54 Å². The van der Waals surface area contributed by atoms with Gasteiger partial charge in [-0.3, -0.25) is 0 Å². The average Bonchev–Trinajstić information content (AvgIpc) is 2.65. The molecule has 0 saturated heterocycles. The molecule has 0 radical (unpaired) electrons. The molecule has 0 spiro atoms. The molecule has 0 bridgehead atoms. The first-order valence-corrected chi connectivity index (χ1v) is 9.02. The second kappa shape index (κ2) is 8.18. The fraction of sp³-hybridized carbons (Fsp3) is 0.227. The van der Waals surface area contributed by atoms with Gasteiger partial charge in [0.15, 0.2) is 0 Å². The Kier molecular flexibility index (Phi) is 5.68. The molecule has 0 saturated carbocycles. The molecule has 0 aliphatic heterocycles. The Morgan fingerprint density at radius 3 is 2.45 bits per heavy atom. The summed E-state index contributed by atoms with van der Waals surface area (Å²) in [6.45, 7) is 4.80. The minimum absolute atomic E-state index is 0.196. The lowest BCUT2D eigenvalue weighted by Gasteiger charge is -2.19. The summed E-state index contributed by atoms with van der Waals surface area (Å²) in [5.41, 5.74) is 0.714. The summed E-state index contributed by atoms with van der Waals surface area (Å²) in [6.07, 6.45) is -0.716. The molecular formula is C22H21NO6. The van der Waals surface area contributed by atoms with E-state index in [0.717, 1.165) is 11.1 Å². The number of hydrogen-bond acceptors (Lipinski definition) is 6. The third-order valence-corrected chi connectivity index (χ3v) is 3.81. The third-order valence-electron chi connectivity index (χ3n) is 3.81. The zero-order valence-corrected chi connectivity index (χ0v) is 16.4. The van der Waals surface area contributed by atoms with Gasteiger partial charge in [-0.1, -0.05) is 30.3 Å². The molecule has 1 N–H and O–H groups in total. The van der Waals surface area contributed by atoms with E-state index in [1.165, 1.54) is 12.1 Å². The fourth-order valence-electron chi connectivity index (χ4n) is 2.69. The number of esters is 1. The molecule has 2 aromatic carbocycles. The lowest BCUT2D eigenvalue weighted by Crippen LogP contribution is -2.36. The van der Waals surface area contributed by atoms with E-state index >= 15 is 0 Å². The number of rotatable bonds is 4. The van der Waals surface area contributed by atoms with E-state index in [4.69, 9.17) is 13.9 Å². The van der Waals surface area contributed by atoms with Crippen molar-refractivity contribution in [3.8, 4) is 16.9 Å². The number of carbonyl (C=O) groups excluding carboxylic acids is 2. The summed E-state index contributed by atoms with van der Waals surface area (Å²) in [5.74, 6) is -0.487. The number of carbonyl (C=O) groups is 2. The SMILES string of the molecule is CC(C)(C)OC(=O)NCC(=O)Oc1ccc2c(-c3ccccc3)cc(=O)oc2c1. The number of nitrogens with one attached hydrogen (secondary N) is 1. The molecule has 0 atom stereocenters. The Bertz CT molecular complexity index is 1100. The third kappa shape index (κ3) is 5.44. The molecule has 0 unspecified atom stereocenters. The smallest absolute Gasteiger partial charge is 0.408 e. The first kappa shape index (κ1) is 20.1. The highest BCUT2D eigenvalue weighted by atomic mass is 16.6. The highest BCUT2D eigenvalue weighted by Gasteiger charge is 2.17. The Morgan fingerprint density at radius 1 is 1.03 bits per heavy atom. The lowest BCUT2D eigenvalue weighted by molar-refractivity contribution is -0.133. The molecule has 0 aliphatic carbocycles. The van der Waals surface area contributed by atoms with Crippen molar-refractivity contribution in [1.82, 2.24) is 5.32 Å². The van der Waals surface area contributed by atoms with Gasteiger partial charge in [0.1, 0.15) is 23.5 Å². The van der Waals surface area contributed by atoms with Crippen LogP contribution in [-0.2, 0) is 9.53 Å². The number of alkyl carbamates (subject to hydrolysis) is 1. The first-order valence-electron chi connectivity index (χ1n) is 9.02. The van der Waals surface area contributed by atoms with Gasteiger partial charge in [-0.2, -0.15) is 0 Å². The van der Waals surface area contributed by atoms with E-state index in [9.17, 15) is 14.4 Å². The van der Waals surface area contributed by atoms with Crippen molar-refractivity contribution < 1.29 is 23.5 Å². The average molecular weight is 395 g/mol. The van der Waals surface area contributed by atoms with E-state index in [2.05, 4.69) is 5.32 Å². The zero-order chi connectivity index (χ0) is 21.0. The zero-order valence-electron chi connectivity index (χ0n) is 16.4. The summed E-state index contributed by atoms with van der Waals surface area (Å²) < 4.78 is 15.5. The maximum absolute atomic E-state index is 12.0. The molecule has 7 heteroatoms. The topological polar surface area (TPSA) is 94.8 Å². The second-order valence-corrected chi connectivity index (χ2v) is 7.33. The quantitative estimate of drug-likeness (QED) is 0.409.